The van der Waals surface area contributed by atoms with E-state index in [0.29, 0.717) is 17.8 Å². The highest BCUT2D eigenvalue weighted by atomic mass is 19.1. The van der Waals surface area contributed by atoms with Gasteiger partial charge in [0.25, 0.3) is 12.9 Å². The van der Waals surface area contributed by atoms with Crippen LogP contribution in [0.3, 0.4) is 0 Å². The van der Waals surface area contributed by atoms with Crippen molar-refractivity contribution in [2.75, 3.05) is 11.9 Å². The lowest BCUT2D eigenvalue weighted by Gasteiger charge is -2.34. The molecule has 1 fully saturated rings. The number of aliphatic hydroxyl groups is 1. The number of aryl methyl sites for hydroxylation is 1. The third kappa shape index (κ3) is 6.12. The summed E-state index contributed by atoms with van der Waals surface area (Å²) in [6, 6.07) is 8.17. The number of imidazole rings is 1. The molecule has 8 nitrogen and oxygen atoms in total. The maximum absolute atomic E-state index is 13.9. The monoisotopic (exact) mass is 531 g/mol. The zero-order valence-corrected chi connectivity index (χ0v) is 21.8. The van der Waals surface area contributed by atoms with Gasteiger partial charge >= 0.3 is 0 Å². The highest BCUT2D eigenvalue weighted by Crippen LogP contribution is 2.41. The van der Waals surface area contributed by atoms with Gasteiger partial charge in [-0.3, -0.25) is 9.59 Å². The second kappa shape index (κ2) is 12.8. The minimum absolute atomic E-state index is 0.197. The first-order valence-electron chi connectivity index (χ1n) is 12.7. The molecule has 10 heteroatoms. The summed E-state index contributed by atoms with van der Waals surface area (Å²) in [4.78, 5) is 24.0. The van der Waals surface area contributed by atoms with Gasteiger partial charge in [-0.15, -0.1) is 0 Å². The molecule has 1 saturated carbocycles. The maximum atomic E-state index is 13.9. The molecule has 3 N–H and O–H groups in total. The maximum Gasteiger partial charge on any atom is 0.290 e. The number of carboxylic acid groups (broad SMARTS) is 2. The molecule has 0 amide bonds. The van der Waals surface area contributed by atoms with E-state index in [-0.39, 0.29) is 24.5 Å². The second-order valence-corrected chi connectivity index (χ2v) is 10.0. The molecule has 3 aromatic rings. The van der Waals surface area contributed by atoms with Crippen molar-refractivity contribution in [2.24, 2.45) is 5.92 Å². The van der Waals surface area contributed by atoms with Crippen molar-refractivity contribution in [1.82, 2.24) is 9.55 Å². The van der Waals surface area contributed by atoms with Crippen LogP contribution in [0.15, 0.2) is 30.3 Å². The fourth-order valence-electron chi connectivity index (χ4n) is 5.68. The van der Waals surface area contributed by atoms with Crippen molar-refractivity contribution in [3.8, 4) is 0 Å². The fourth-order valence-corrected chi connectivity index (χ4v) is 5.68. The number of benzene rings is 2. The normalized spacial score (nSPS) is 21.3. The van der Waals surface area contributed by atoms with Crippen molar-refractivity contribution in [1.29, 1.82) is 0 Å². The van der Waals surface area contributed by atoms with Gasteiger partial charge < -0.3 is 24.8 Å². The standard InChI is InChI=1S/C26H31F2N3O.2CH2O2/c1-15-5-4-6-20(11-15)31-23-10-9-22-21(8-7-16(2)30(22)3)24(23)29-26(31)25(32)17-12-18(27)14-19(28)13-17;2*2-1-3/h9-10,12-16,20,25,32H,4-8,11H2,1-3H3;2*1H,(H,2,3). The second-order valence-electron chi connectivity index (χ2n) is 10.0. The molecular formula is C28H35F2N3O5. The Morgan fingerprint density at radius 1 is 1.03 bits per heavy atom. The predicted octanol–water partition coefficient (Wildman–Crippen LogP) is 5.32. The molecule has 2 heterocycles. The molecule has 0 radical (unpaired) electrons. The first kappa shape index (κ1) is 29.0. The van der Waals surface area contributed by atoms with Gasteiger partial charge in [-0.1, -0.05) is 19.8 Å². The highest BCUT2D eigenvalue weighted by molar-refractivity contribution is 5.86. The minimum Gasteiger partial charge on any atom is -0.483 e. The molecule has 0 spiro atoms. The molecule has 4 atom stereocenters. The number of anilines is 1. The third-order valence-electron chi connectivity index (χ3n) is 7.54. The van der Waals surface area contributed by atoms with Gasteiger partial charge in [-0.25, -0.2) is 13.8 Å². The molecule has 5 rings (SSSR count). The van der Waals surface area contributed by atoms with Crippen molar-refractivity contribution >= 4 is 29.7 Å². The van der Waals surface area contributed by atoms with Gasteiger partial charge in [-0.05, 0) is 68.4 Å². The number of nitrogens with zero attached hydrogens (tertiary/aromatic N) is 3. The summed E-state index contributed by atoms with van der Waals surface area (Å²) in [5.74, 6) is -0.312. The minimum atomic E-state index is -1.19. The quantitative estimate of drug-likeness (QED) is 0.392. The van der Waals surface area contributed by atoms with Crippen LogP contribution in [0, 0.1) is 17.6 Å². The van der Waals surface area contributed by atoms with E-state index in [9.17, 15) is 13.9 Å². The Morgan fingerprint density at radius 2 is 1.66 bits per heavy atom. The summed E-state index contributed by atoms with van der Waals surface area (Å²) in [6.07, 6.45) is 5.14. The van der Waals surface area contributed by atoms with Crippen LogP contribution >= 0.6 is 0 Å². The zero-order chi connectivity index (χ0) is 28.0. The number of rotatable bonds is 3. The summed E-state index contributed by atoms with van der Waals surface area (Å²) < 4.78 is 30.0. The number of hydrogen-bond donors (Lipinski definition) is 3. The van der Waals surface area contributed by atoms with E-state index in [0.717, 1.165) is 49.2 Å². The van der Waals surface area contributed by atoms with Gasteiger partial charge in [0.2, 0.25) is 0 Å². The Hall–Kier alpha value is -3.53. The molecule has 0 saturated heterocycles. The smallest absolute Gasteiger partial charge is 0.290 e. The summed E-state index contributed by atoms with van der Waals surface area (Å²) in [6.45, 7) is 3.99. The Kier molecular flexibility index (Phi) is 9.79. The highest BCUT2D eigenvalue weighted by Gasteiger charge is 2.31. The first-order chi connectivity index (χ1) is 18.2. The Labute approximate surface area is 220 Å². The van der Waals surface area contributed by atoms with Crippen LogP contribution in [0.1, 0.15) is 75.0 Å². The lowest BCUT2D eigenvalue weighted by atomic mass is 9.86. The lowest BCUT2D eigenvalue weighted by molar-refractivity contribution is -0.123. The average Bonchev–Trinajstić information content (AvgIpc) is 3.26. The zero-order valence-electron chi connectivity index (χ0n) is 21.8. The Balaban J connectivity index is 0.000000611. The summed E-state index contributed by atoms with van der Waals surface area (Å²) in [5, 5.41) is 25.1. The molecule has 2 aliphatic rings. The molecule has 2 aromatic carbocycles. The summed E-state index contributed by atoms with van der Waals surface area (Å²) >= 11 is 0. The third-order valence-corrected chi connectivity index (χ3v) is 7.54. The summed E-state index contributed by atoms with van der Waals surface area (Å²) in [5.41, 5.74) is 4.49. The molecule has 1 aliphatic heterocycles. The van der Waals surface area contributed by atoms with E-state index in [1.807, 2.05) is 0 Å². The van der Waals surface area contributed by atoms with Crippen LogP contribution in [-0.2, 0) is 16.0 Å². The van der Waals surface area contributed by atoms with Crippen LogP contribution in [0.2, 0.25) is 0 Å². The number of halogens is 2. The molecule has 1 aliphatic carbocycles. The number of fused-ring (bicyclic) bond motifs is 3. The molecule has 38 heavy (non-hydrogen) atoms. The van der Waals surface area contributed by atoms with Gasteiger partial charge in [0.1, 0.15) is 23.6 Å². The van der Waals surface area contributed by atoms with E-state index in [1.165, 1.54) is 29.8 Å². The lowest BCUT2D eigenvalue weighted by Crippen LogP contribution is -2.33. The van der Waals surface area contributed by atoms with Crippen LogP contribution in [0.5, 0.6) is 0 Å². The van der Waals surface area contributed by atoms with Crippen LogP contribution < -0.4 is 4.90 Å². The van der Waals surface area contributed by atoms with Crippen LogP contribution in [0.25, 0.3) is 11.0 Å². The molecule has 4 unspecified atom stereocenters. The van der Waals surface area contributed by atoms with E-state index in [1.54, 1.807) is 0 Å². The van der Waals surface area contributed by atoms with Crippen LogP contribution in [0.4, 0.5) is 14.5 Å². The van der Waals surface area contributed by atoms with Crippen molar-refractivity contribution in [3.63, 3.8) is 0 Å². The van der Waals surface area contributed by atoms with Gasteiger partial charge in [0, 0.05) is 36.4 Å². The number of carbonyl (C=O) groups is 2. The van der Waals surface area contributed by atoms with E-state index in [4.69, 9.17) is 24.8 Å². The fraction of sp³-hybridized carbons (Fsp3) is 0.464. The number of aliphatic hydroxyl groups excluding tert-OH is 1. The molecule has 0 bridgehead atoms. The van der Waals surface area contributed by atoms with Crippen molar-refractivity contribution < 1.29 is 33.7 Å². The van der Waals surface area contributed by atoms with E-state index < -0.39 is 17.7 Å². The van der Waals surface area contributed by atoms with Crippen LogP contribution in [-0.4, -0.2) is 50.9 Å². The SMILES string of the molecule is CC1CCCC(n2c(C(O)c3cc(F)cc(F)c3)nc3c4c(ccc32)N(C)C(C)CC4)C1.O=CO.O=CO. The Bertz CT molecular complexity index is 1240. The average molecular weight is 532 g/mol. The van der Waals surface area contributed by atoms with Crippen molar-refractivity contribution in [2.45, 2.75) is 70.6 Å². The van der Waals surface area contributed by atoms with Gasteiger partial charge in [0.05, 0.1) is 11.0 Å². The summed E-state index contributed by atoms with van der Waals surface area (Å²) in [7, 11) is 2.11. The predicted molar refractivity (Wildman–Crippen MR) is 140 cm³/mol. The van der Waals surface area contributed by atoms with Crippen molar-refractivity contribution in [3.05, 3.63) is 58.9 Å². The first-order valence-corrected chi connectivity index (χ1v) is 12.7. The van der Waals surface area contributed by atoms with E-state index in [2.05, 4.69) is 42.5 Å². The molecule has 206 valence electrons. The number of hydrogen-bond acceptors (Lipinski definition) is 5. The largest absolute Gasteiger partial charge is 0.483 e. The number of aromatic nitrogens is 2. The molecular weight excluding hydrogens is 496 g/mol. The van der Waals surface area contributed by atoms with Gasteiger partial charge in [-0.2, -0.15) is 0 Å². The Morgan fingerprint density at radius 3 is 2.26 bits per heavy atom. The van der Waals surface area contributed by atoms with Gasteiger partial charge in [0.15, 0.2) is 0 Å². The topological polar surface area (TPSA) is 116 Å². The van der Waals surface area contributed by atoms with E-state index >= 15 is 0 Å². The molecule has 1 aromatic heterocycles.